The molecule has 2 fully saturated rings. The van der Waals surface area contributed by atoms with Crippen LogP contribution in [0.5, 0.6) is 0 Å². The normalized spacial score (nSPS) is 25.6. The van der Waals surface area contributed by atoms with Crippen LogP contribution in [0, 0.1) is 0 Å². The topological polar surface area (TPSA) is 79.5 Å². The minimum atomic E-state index is -0.695. The predicted octanol–water partition coefficient (Wildman–Crippen LogP) is -1.46. The van der Waals surface area contributed by atoms with E-state index in [-0.39, 0.29) is 18.2 Å². The van der Waals surface area contributed by atoms with Gasteiger partial charge in [0.1, 0.15) is 13.1 Å². The molecule has 3 rings (SSSR count). The van der Waals surface area contributed by atoms with Crippen molar-refractivity contribution in [2.24, 2.45) is 4.99 Å². The molecule has 1 atom stereocenters. The fourth-order valence-corrected chi connectivity index (χ4v) is 3.40. The van der Waals surface area contributed by atoms with Crippen molar-refractivity contribution in [3.05, 3.63) is 0 Å². The Balaban J connectivity index is 1.91. The lowest BCUT2D eigenvalue weighted by molar-refractivity contribution is -0.524. The maximum Gasteiger partial charge on any atom is 0.333 e. The third-order valence-corrected chi connectivity index (χ3v) is 4.97. The average molecular weight is 349 g/mol. The second kappa shape index (κ2) is 6.64. The molecular formula is C16H25N6O3+. The molecule has 0 bridgehead atoms. The van der Waals surface area contributed by atoms with Gasteiger partial charge in [-0.05, 0) is 19.0 Å². The molecule has 1 unspecified atom stereocenters. The van der Waals surface area contributed by atoms with Gasteiger partial charge in [-0.15, -0.1) is 0 Å². The second-order valence-corrected chi connectivity index (χ2v) is 6.94. The summed E-state index contributed by atoms with van der Waals surface area (Å²) in [7, 11) is 5.16. The monoisotopic (exact) mass is 349 g/mol. The fraction of sp³-hybridized carbons (Fsp3) is 0.688. The predicted molar refractivity (Wildman–Crippen MR) is 91.9 cm³/mol. The van der Waals surface area contributed by atoms with E-state index in [9.17, 15) is 14.4 Å². The standard InChI is InChI=1S/C16H25N6O3/c1-11(23)9-22-12(10-21-7-5-18(2)6-8-21)17-14-13(22)15(24)20(4)16(25)19(14)3/h13H,5-10H2,1-4H3/q+1. The zero-order valence-corrected chi connectivity index (χ0v) is 15.2. The Morgan fingerprint density at radius 1 is 1.12 bits per heavy atom. The van der Waals surface area contributed by atoms with Crippen molar-refractivity contribution in [2.45, 2.75) is 13.0 Å². The van der Waals surface area contributed by atoms with Crippen LogP contribution in [-0.2, 0) is 9.59 Å². The van der Waals surface area contributed by atoms with Crippen LogP contribution in [0.3, 0.4) is 0 Å². The van der Waals surface area contributed by atoms with Gasteiger partial charge in [0.25, 0.3) is 17.8 Å². The molecule has 0 aromatic carbocycles. The van der Waals surface area contributed by atoms with Crippen molar-refractivity contribution in [1.29, 1.82) is 0 Å². The summed E-state index contributed by atoms with van der Waals surface area (Å²) in [6.45, 7) is 5.94. The highest BCUT2D eigenvalue weighted by Crippen LogP contribution is 2.19. The lowest BCUT2D eigenvalue weighted by Crippen LogP contribution is -2.61. The van der Waals surface area contributed by atoms with E-state index in [0.717, 1.165) is 31.1 Å². The van der Waals surface area contributed by atoms with Gasteiger partial charge in [0.2, 0.25) is 0 Å². The number of rotatable bonds is 4. The zero-order valence-electron chi connectivity index (χ0n) is 15.2. The number of ketones is 1. The molecule has 0 saturated carbocycles. The van der Waals surface area contributed by atoms with E-state index in [0.29, 0.717) is 18.2 Å². The fourth-order valence-electron chi connectivity index (χ4n) is 3.40. The van der Waals surface area contributed by atoms with E-state index in [2.05, 4.69) is 21.8 Å². The first kappa shape index (κ1) is 17.7. The largest absolute Gasteiger partial charge is 0.333 e. The van der Waals surface area contributed by atoms with Crippen molar-refractivity contribution in [2.75, 3.05) is 60.4 Å². The molecule has 3 aliphatic heterocycles. The van der Waals surface area contributed by atoms with Gasteiger partial charge in [-0.2, -0.15) is 0 Å². The Morgan fingerprint density at radius 2 is 1.76 bits per heavy atom. The molecular weight excluding hydrogens is 324 g/mol. The van der Waals surface area contributed by atoms with Gasteiger partial charge in [0.15, 0.2) is 5.78 Å². The Kier molecular flexibility index (Phi) is 4.70. The third-order valence-electron chi connectivity index (χ3n) is 4.97. The van der Waals surface area contributed by atoms with Crippen molar-refractivity contribution in [1.82, 2.24) is 19.6 Å². The molecule has 136 valence electrons. The number of hydrogen-bond acceptors (Lipinski definition) is 6. The van der Waals surface area contributed by atoms with Gasteiger partial charge < -0.3 is 4.90 Å². The average Bonchev–Trinajstić information content (AvgIpc) is 2.91. The number of carbonyl (C=O) groups is 3. The zero-order chi connectivity index (χ0) is 18.3. The number of aliphatic imine (C=N–C) groups is 1. The summed E-state index contributed by atoms with van der Waals surface area (Å²) in [6, 6.07) is -1.09. The number of amides is 3. The second-order valence-electron chi connectivity index (χ2n) is 6.94. The number of carbonyl (C=O) groups excluding carboxylic acids is 3. The SMILES string of the molecule is CC(=O)C[N+]1=C(CN2CCN(C)CC2)N=C2C1C(=O)N(C)C(=O)N2C. The minimum absolute atomic E-state index is 0.0395. The van der Waals surface area contributed by atoms with E-state index in [1.165, 1.54) is 18.9 Å². The summed E-state index contributed by atoms with van der Waals surface area (Å²) in [5.41, 5.74) is 0. The molecule has 0 spiro atoms. The summed E-state index contributed by atoms with van der Waals surface area (Å²) in [6.07, 6.45) is 0. The van der Waals surface area contributed by atoms with Crippen LogP contribution in [0.1, 0.15) is 6.92 Å². The van der Waals surface area contributed by atoms with Gasteiger partial charge in [0.05, 0.1) is 0 Å². The van der Waals surface area contributed by atoms with E-state index < -0.39 is 12.1 Å². The molecule has 3 amide bonds. The first-order valence-electron chi connectivity index (χ1n) is 8.46. The van der Waals surface area contributed by atoms with Crippen LogP contribution in [-0.4, -0.2) is 120 Å². The summed E-state index contributed by atoms with van der Waals surface area (Å²) < 4.78 is 1.75. The highest BCUT2D eigenvalue weighted by molar-refractivity contribution is 6.23. The Bertz CT molecular complexity index is 677. The smallest absolute Gasteiger partial charge is 0.304 e. The number of amidine groups is 2. The number of piperazine rings is 1. The van der Waals surface area contributed by atoms with Crippen LogP contribution in [0.4, 0.5) is 4.79 Å². The van der Waals surface area contributed by atoms with Gasteiger partial charge >= 0.3 is 11.9 Å². The molecule has 25 heavy (non-hydrogen) atoms. The first-order valence-corrected chi connectivity index (χ1v) is 8.46. The van der Waals surface area contributed by atoms with Crippen LogP contribution >= 0.6 is 0 Å². The number of imide groups is 1. The summed E-state index contributed by atoms with van der Waals surface area (Å²) in [4.78, 5) is 48.2. The first-order chi connectivity index (χ1) is 11.8. The molecule has 9 nitrogen and oxygen atoms in total. The molecule has 3 aliphatic rings. The molecule has 0 radical (unpaired) electrons. The van der Waals surface area contributed by atoms with E-state index in [1.807, 2.05) is 0 Å². The highest BCUT2D eigenvalue weighted by Gasteiger charge is 2.53. The molecule has 0 N–H and O–H groups in total. The Morgan fingerprint density at radius 3 is 2.36 bits per heavy atom. The number of urea groups is 1. The number of Topliss-reactive ketones (excluding diaryl/α,β-unsaturated/α-hetero) is 1. The Labute approximate surface area is 147 Å². The molecule has 0 aliphatic carbocycles. The van der Waals surface area contributed by atoms with E-state index in [1.54, 1.807) is 11.6 Å². The lowest BCUT2D eigenvalue weighted by Gasteiger charge is -2.31. The number of hydrogen-bond donors (Lipinski definition) is 0. The number of fused-ring (bicyclic) bond motifs is 1. The van der Waals surface area contributed by atoms with Crippen molar-refractivity contribution in [3.8, 4) is 0 Å². The van der Waals surface area contributed by atoms with Crippen molar-refractivity contribution < 1.29 is 19.0 Å². The van der Waals surface area contributed by atoms with Gasteiger partial charge in [0, 0.05) is 40.3 Å². The molecule has 0 aromatic rings. The van der Waals surface area contributed by atoms with E-state index >= 15 is 0 Å². The van der Waals surface area contributed by atoms with E-state index in [4.69, 9.17) is 0 Å². The van der Waals surface area contributed by atoms with Crippen molar-refractivity contribution >= 4 is 29.4 Å². The molecule has 3 heterocycles. The van der Waals surface area contributed by atoms with Gasteiger partial charge in [-0.3, -0.25) is 24.3 Å². The maximum atomic E-state index is 12.6. The molecule has 0 aromatic heterocycles. The third kappa shape index (κ3) is 3.21. The van der Waals surface area contributed by atoms with Crippen LogP contribution < -0.4 is 0 Å². The minimum Gasteiger partial charge on any atom is -0.304 e. The maximum absolute atomic E-state index is 12.6. The summed E-state index contributed by atoms with van der Waals surface area (Å²) >= 11 is 0. The quantitative estimate of drug-likeness (QED) is 0.580. The molecule has 2 saturated heterocycles. The van der Waals surface area contributed by atoms with Crippen LogP contribution in [0.2, 0.25) is 0 Å². The molecule has 9 heteroatoms. The lowest BCUT2D eigenvalue weighted by atomic mass is 10.1. The highest BCUT2D eigenvalue weighted by atomic mass is 16.2. The van der Waals surface area contributed by atoms with Gasteiger partial charge in [-0.1, -0.05) is 0 Å². The van der Waals surface area contributed by atoms with Crippen LogP contribution in [0.15, 0.2) is 4.99 Å². The summed E-state index contributed by atoms with van der Waals surface area (Å²) in [5, 5.41) is 0. The number of nitrogens with zero attached hydrogens (tertiary/aromatic N) is 6. The summed E-state index contributed by atoms with van der Waals surface area (Å²) in [5.74, 6) is 0.723. The number of likely N-dealkylation sites (N-methyl/N-ethyl adjacent to an activating group) is 3. The van der Waals surface area contributed by atoms with Gasteiger partial charge in [-0.25, -0.2) is 9.37 Å². The van der Waals surface area contributed by atoms with Crippen molar-refractivity contribution in [3.63, 3.8) is 0 Å². The van der Waals surface area contributed by atoms with Crippen LogP contribution in [0.25, 0.3) is 0 Å². The Hall–Kier alpha value is -2.13.